The van der Waals surface area contributed by atoms with Crippen LogP contribution in [0.3, 0.4) is 0 Å². The van der Waals surface area contributed by atoms with E-state index in [2.05, 4.69) is 31.0 Å². The van der Waals surface area contributed by atoms with E-state index >= 15 is 0 Å². The fourth-order valence-electron chi connectivity index (χ4n) is 2.82. The fraction of sp³-hybridized carbons (Fsp3) is 1.00. The molecular weight excluding hydrogens is 224 g/mol. The number of ether oxygens (including phenoxy) is 1. The molecule has 3 nitrogen and oxygen atoms in total. The van der Waals surface area contributed by atoms with Crippen molar-refractivity contribution in [3.8, 4) is 0 Å². The fourth-order valence-corrected chi connectivity index (χ4v) is 2.82. The third-order valence-electron chi connectivity index (χ3n) is 3.96. The Hall–Kier alpha value is -0.120. The molecule has 2 unspecified atom stereocenters. The summed E-state index contributed by atoms with van der Waals surface area (Å²) in [6.07, 6.45) is 6.69. The van der Waals surface area contributed by atoms with Gasteiger partial charge >= 0.3 is 0 Å². The van der Waals surface area contributed by atoms with Crippen LogP contribution in [0.1, 0.15) is 52.9 Å². The topological polar surface area (TPSA) is 24.5 Å². The minimum Gasteiger partial charge on any atom is -0.382 e. The molecule has 0 amide bonds. The van der Waals surface area contributed by atoms with Gasteiger partial charge in [-0.3, -0.25) is 4.90 Å². The van der Waals surface area contributed by atoms with Crippen LogP contribution in [-0.2, 0) is 4.74 Å². The van der Waals surface area contributed by atoms with Crippen molar-refractivity contribution in [3.63, 3.8) is 0 Å². The highest BCUT2D eigenvalue weighted by molar-refractivity contribution is 4.77. The van der Waals surface area contributed by atoms with Crippen molar-refractivity contribution in [2.24, 2.45) is 0 Å². The van der Waals surface area contributed by atoms with Gasteiger partial charge in [0.25, 0.3) is 0 Å². The summed E-state index contributed by atoms with van der Waals surface area (Å²) in [5.74, 6) is 0. The summed E-state index contributed by atoms with van der Waals surface area (Å²) in [6, 6.07) is 1.41. The predicted octanol–water partition coefficient (Wildman–Crippen LogP) is 2.66. The van der Waals surface area contributed by atoms with Gasteiger partial charge in [0, 0.05) is 31.8 Å². The zero-order valence-electron chi connectivity index (χ0n) is 12.6. The summed E-state index contributed by atoms with van der Waals surface area (Å²) >= 11 is 0. The average Bonchev–Trinajstić information content (AvgIpc) is 2.58. The number of likely N-dealkylation sites (tertiary alicyclic amines) is 1. The molecule has 1 rings (SSSR count). The van der Waals surface area contributed by atoms with E-state index in [1.54, 1.807) is 0 Å². The summed E-state index contributed by atoms with van der Waals surface area (Å²) < 4.78 is 5.34. The molecule has 1 saturated heterocycles. The van der Waals surface area contributed by atoms with Gasteiger partial charge in [-0.05, 0) is 53.1 Å². The van der Waals surface area contributed by atoms with Crippen LogP contribution < -0.4 is 5.32 Å². The Morgan fingerprint density at radius 3 is 2.94 bits per heavy atom. The first kappa shape index (κ1) is 15.9. The van der Waals surface area contributed by atoms with Crippen LogP contribution >= 0.6 is 0 Å². The van der Waals surface area contributed by atoms with Crippen molar-refractivity contribution < 1.29 is 4.74 Å². The molecular formula is C15H32N2O. The highest BCUT2D eigenvalue weighted by atomic mass is 16.5. The summed E-state index contributed by atoms with van der Waals surface area (Å²) in [5.41, 5.74) is 0. The summed E-state index contributed by atoms with van der Waals surface area (Å²) in [7, 11) is 0. The van der Waals surface area contributed by atoms with Crippen LogP contribution in [0.2, 0.25) is 0 Å². The van der Waals surface area contributed by atoms with Crippen molar-refractivity contribution >= 4 is 0 Å². The molecule has 18 heavy (non-hydrogen) atoms. The summed E-state index contributed by atoms with van der Waals surface area (Å²) in [5, 5.41) is 3.56. The lowest BCUT2D eigenvalue weighted by Gasteiger charge is -2.33. The van der Waals surface area contributed by atoms with Crippen molar-refractivity contribution in [3.05, 3.63) is 0 Å². The first-order valence-corrected chi connectivity index (χ1v) is 7.80. The van der Waals surface area contributed by atoms with Gasteiger partial charge in [0.1, 0.15) is 0 Å². The second-order valence-electron chi connectivity index (χ2n) is 5.54. The molecule has 0 radical (unpaired) electrons. The molecule has 1 N–H and O–H groups in total. The Balaban J connectivity index is 2.12. The molecule has 2 atom stereocenters. The van der Waals surface area contributed by atoms with Crippen LogP contribution in [0.25, 0.3) is 0 Å². The van der Waals surface area contributed by atoms with Gasteiger partial charge < -0.3 is 10.1 Å². The molecule has 0 saturated carbocycles. The van der Waals surface area contributed by atoms with Gasteiger partial charge in [0.05, 0.1) is 0 Å². The molecule has 0 bridgehead atoms. The van der Waals surface area contributed by atoms with Crippen molar-refractivity contribution in [2.75, 3.05) is 32.8 Å². The highest BCUT2D eigenvalue weighted by Gasteiger charge is 2.21. The van der Waals surface area contributed by atoms with E-state index in [9.17, 15) is 0 Å². The van der Waals surface area contributed by atoms with E-state index in [4.69, 9.17) is 4.74 Å². The van der Waals surface area contributed by atoms with E-state index in [0.717, 1.165) is 38.8 Å². The van der Waals surface area contributed by atoms with Crippen LogP contribution in [0.5, 0.6) is 0 Å². The zero-order valence-corrected chi connectivity index (χ0v) is 12.6. The average molecular weight is 256 g/mol. The maximum absolute atomic E-state index is 5.34. The smallest absolute Gasteiger partial charge is 0.0477 e. The molecule has 0 aromatic rings. The van der Waals surface area contributed by atoms with Crippen molar-refractivity contribution in [1.82, 2.24) is 10.2 Å². The summed E-state index contributed by atoms with van der Waals surface area (Å²) in [6.45, 7) is 12.0. The van der Waals surface area contributed by atoms with E-state index < -0.39 is 0 Å². The van der Waals surface area contributed by atoms with E-state index in [1.807, 2.05) is 0 Å². The maximum Gasteiger partial charge on any atom is 0.0477 e. The molecule has 1 heterocycles. The molecule has 0 aliphatic carbocycles. The van der Waals surface area contributed by atoms with Crippen LogP contribution in [0.4, 0.5) is 0 Å². The normalized spacial score (nSPS) is 23.8. The molecule has 0 spiro atoms. The first-order chi connectivity index (χ1) is 8.75. The Morgan fingerprint density at radius 1 is 1.33 bits per heavy atom. The molecule has 0 aromatic carbocycles. The number of nitrogens with zero attached hydrogens (tertiary/aromatic N) is 1. The largest absolute Gasteiger partial charge is 0.382 e. The lowest BCUT2D eigenvalue weighted by molar-refractivity contribution is 0.139. The van der Waals surface area contributed by atoms with E-state index in [1.165, 1.54) is 32.2 Å². The number of hydrogen-bond donors (Lipinski definition) is 1. The van der Waals surface area contributed by atoms with E-state index in [-0.39, 0.29) is 0 Å². The lowest BCUT2D eigenvalue weighted by Crippen LogP contribution is -2.45. The third kappa shape index (κ3) is 6.17. The van der Waals surface area contributed by atoms with Crippen molar-refractivity contribution in [1.29, 1.82) is 0 Å². The Labute approximate surface area is 113 Å². The van der Waals surface area contributed by atoms with Gasteiger partial charge in [0.15, 0.2) is 0 Å². The molecule has 0 aromatic heterocycles. The minimum atomic E-state index is 0.658. The molecule has 108 valence electrons. The molecule has 1 aliphatic rings. The third-order valence-corrected chi connectivity index (χ3v) is 3.96. The second kappa shape index (κ2) is 9.76. The van der Waals surface area contributed by atoms with E-state index in [0.29, 0.717) is 6.04 Å². The first-order valence-electron chi connectivity index (χ1n) is 7.80. The minimum absolute atomic E-state index is 0.658. The van der Waals surface area contributed by atoms with Crippen LogP contribution in [0.15, 0.2) is 0 Å². The Morgan fingerprint density at radius 2 is 2.17 bits per heavy atom. The van der Waals surface area contributed by atoms with Gasteiger partial charge in [-0.1, -0.05) is 12.8 Å². The zero-order chi connectivity index (χ0) is 13.2. The Bertz CT molecular complexity index is 199. The molecule has 1 fully saturated rings. The second-order valence-corrected chi connectivity index (χ2v) is 5.54. The monoisotopic (exact) mass is 256 g/mol. The maximum atomic E-state index is 5.34. The number of hydrogen-bond acceptors (Lipinski definition) is 3. The molecule has 3 heteroatoms. The summed E-state index contributed by atoms with van der Waals surface area (Å²) in [4.78, 5) is 2.68. The number of rotatable bonds is 8. The SMILES string of the molecule is CCOCCCNCC(C)N1CCCCCC1C. The lowest BCUT2D eigenvalue weighted by atomic mass is 10.1. The van der Waals surface area contributed by atoms with Gasteiger partial charge in [-0.25, -0.2) is 0 Å². The van der Waals surface area contributed by atoms with Crippen LogP contribution in [0, 0.1) is 0 Å². The number of nitrogens with one attached hydrogen (secondary N) is 1. The van der Waals surface area contributed by atoms with Crippen LogP contribution in [-0.4, -0.2) is 49.8 Å². The predicted molar refractivity (Wildman–Crippen MR) is 78.1 cm³/mol. The van der Waals surface area contributed by atoms with Gasteiger partial charge in [0.2, 0.25) is 0 Å². The standard InChI is InChI=1S/C15H32N2O/c1-4-18-12-8-10-16-13-15(3)17-11-7-5-6-9-14(17)2/h14-16H,4-13H2,1-3H3. The highest BCUT2D eigenvalue weighted by Crippen LogP contribution is 2.18. The van der Waals surface area contributed by atoms with Crippen molar-refractivity contribution in [2.45, 2.75) is 65.0 Å². The van der Waals surface area contributed by atoms with Gasteiger partial charge in [-0.2, -0.15) is 0 Å². The van der Waals surface area contributed by atoms with Gasteiger partial charge in [-0.15, -0.1) is 0 Å². The Kier molecular flexibility index (Phi) is 8.64. The quantitative estimate of drug-likeness (QED) is 0.676. The molecule has 1 aliphatic heterocycles.